The first-order valence-corrected chi connectivity index (χ1v) is 7.42. The van der Waals surface area contributed by atoms with Gasteiger partial charge in [0.2, 0.25) is 10.0 Å². The molecule has 1 atom stereocenters. The fourth-order valence-corrected chi connectivity index (χ4v) is 3.25. The van der Waals surface area contributed by atoms with Crippen LogP contribution in [0.2, 0.25) is 0 Å². The molecule has 7 nitrogen and oxygen atoms in total. The van der Waals surface area contributed by atoms with Gasteiger partial charge in [-0.3, -0.25) is 0 Å². The molecule has 110 valence electrons. The highest BCUT2D eigenvalue weighted by molar-refractivity contribution is 7.89. The zero-order valence-electron chi connectivity index (χ0n) is 11.4. The van der Waals surface area contributed by atoms with Gasteiger partial charge in [0.1, 0.15) is 22.5 Å². The van der Waals surface area contributed by atoms with Gasteiger partial charge in [-0.05, 0) is 26.0 Å². The molecule has 0 aliphatic heterocycles. The van der Waals surface area contributed by atoms with Crippen LogP contribution in [-0.4, -0.2) is 27.2 Å². The Morgan fingerprint density at radius 1 is 1.45 bits per heavy atom. The molecule has 0 spiro atoms. The number of nitrogens with zero attached hydrogens (tertiary/aromatic N) is 1. The number of hydrogen-bond acceptors (Lipinski definition) is 6. The summed E-state index contributed by atoms with van der Waals surface area (Å²) >= 11 is 0. The smallest absolute Gasteiger partial charge is 0.246 e. The van der Waals surface area contributed by atoms with Crippen LogP contribution in [0.1, 0.15) is 23.3 Å². The zero-order valence-corrected chi connectivity index (χ0v) is 12.2. The van der Waals surface area contributed by atoms with E-state index in [9.17, 15) is 8.42 Å². The van der Waals surface area contributed by atoms with Gasteiger partial charge in [0, 0.05) is 13.7 Å². The van der Waals surface area contributed by atoms with Gasteiger partial charge in [-0.15, -0.1) is 0 Å². The Bertz CT molecular complexity index is 641. The van der Waals surface area contributed by atoms with Gasteiger partial charge in [0.05, 0.1) is 6.26 Å². The second-order valence-corrected chi connectivity index (χ2v) is 5.95. The summed E-state index contributed by atoms with van der Waals surface area (Å²) in [4.78, 5) is 0.0618. The molecule has 2 rings (SSSR count). The highest BCUT2D eigenvalue weighted by Gasteiger charge is 2.25. The fourth-order valence-electron chi connectivity index (χ4n) is 1.89. The molecule has 0 radical (unpaired) electrons. The highest BCUT2D eigenvalue weighted by atomic mass is 32.2. The standard InChI is InChI=1S/C12H16N2O5S/c1-8-12(9(2)19-14-8)20(15,16)13-7-11(17-3)10-5-4-6-18-10/h4-6,11,13H,7H2,1-3H3. The van der Waals surface area contributed by atoms with E-state index in [2.05, 4.69) is 9.88 Å². The van der Waals surface area contributed by atoms with Crippen LogP contribution in [0.3, 0.4) is 0 Å². The summed E-state index contributed by atoms with van der Waals surface area (Å²) < 4.78 is 42.2. The minimum Gasteiger partial charge on any atom is -0.467 e. The number of furan rings is 1. The largest absolute Gasteiger partial charge is 0.467 e. The number of methoxy groups -OCH3 is 1. The van der Waals surface area contributed by atoms with Gasteiger partial charge in [0.15, 0.2) is 5.76 Å². The molecule has 0 aliphatic carbocycles. The number of aromatic nitrogens is 1. The summed E-state index contributed by atoms with van der Waals surface area (Å²) in [6.07, 6.45) is 1.00. The molecule has 0 saturated heterocycles. The Morgan fingerprint density at radius 2 is 2.20 bits per heavy atom. The molecule has 1 unspecified atom stereocenters. The fraction of sp³-hybridized carbons (Fsp3) is 0.417. The molecule has 0 aliphatic rings. The van der Waals surface area contributed by atoms with Crippen LogP contribution in [-0.2, 0) is 14.8 Å². The molecule has 2 aromatic heterocycles. The molecule has 0 aromatic carbocycles. The quantitative estimate of drug-likeness (QED) is 0.869. The second-order valence-electron chi connectivity index (χ2n) is 4.24. The van der Waals surface area contributed by atoms with Crippen molar-refractivity contribution >= 4 is 10.0 Å². The Hall–Kier alpha value is -1.64. The highest BCUT2D eigenvalue weighted by Crippen LogP contribution is 2.20. The van der Waals surface area contributed by atoms with Crippen LogP contribution in [0.4, 0.5) is 0 Å². The van der Waals surface area contributed by atoms with Crippen molar-refractivity contribution in [1.29, 1.82) is 0 Å². The summed E-state index contributed by atoms with van der Waals surface area (Å²) in [5, 5.41) is 3.64. The maximum Gasteiger partial charge on any atom is 0.246 e. The van der Waals surface area contributed by atoms with Gasteiger partial charge in [0.25, 0.3) is 0 Å². The van der Waals surface area contributed by atoms with Crippen molar-refractivity contribution in [2.24, 2.45) is 0 Å². The number of aryl methyl sites for hydroxylation is 2. The predicted octanol–water partition coefficient (Wildman–Crippen LogP) is 1.55. The van der Waals surface area contributed by atoms with E-state index in [-0.39, 0.29) is 17.2 Å². The number of hydrogen-bond donors (Lipinski definition) is 1. The van der Waals surface area contributed by atoms with Crippen molar-refractivity contribution in [3.05, 3.63) is 35.6 Å². The molecule has 0 amide bonds. The summed E-state index contributed by atoms with van der Waals surface area (Å²) in [7, 11) is -2.22. The average molecular weight is 300 g/mol. The van der Waals surface area contributed by atoms with Crippen LogP contribution < -0.4 is 4.72 Å². The van der Waals surface area contributed by atoms with E-state index in [0.717, 1.165) is 0 Å². The van der Waals surface area contributed by atoms with Crippen LogP contribution in [0.25, 0.3) is 0 Å². The molecule has 8 heteroatoms. The topological polar surface area (TPSA) is 94.6 Å². The van der Waals surface area contributed by atoms with Crippen molar-refractivity contribution in [3.63, 3.8) is 0 Å². The SMILES string of the molecule is COC(CNS(=O)(=O)c1c(C)noc1C)c1ccco1. The van der Waals surface area contributed by atoms with Gasteiger partial charge in [-0.1, -0.05) is 5.16 Å². The monoisotopic (exact) mass is 300 g/mol. The molecular formula is C12H16N2O5S. The van der Waals surface area contributed by atoms with Crippen LogP contribution in [0.15, 0.2) is 32.2 Å². The average Bonchev–Trinajstić information content (AvgIpc) is 3.01. The molecule has 2 aromatic rings. The lowest BCUT2D eigenvalue weighted by Gasteiger charge is -2.13. The Kier molecular flexibility index (Phi) is 4.26. The first-order valence-electron chi connectivity index (χ1n) is 5.94. The summed E-state index contributed by atoms with van der Waals surface area (Å²) in [6, 6.07) is 3.43. The molecule has 2 heterocycles. The van der Waals surface area contributed by atoms with E-state index in [1.807, 2.05) is 0 Å². The van der Waals surface area contributed by atoms with E-state index in [4.69, 9.17) is 13.7 Å². The number of nitrogens with one attached hydrogen (secondary N) is 1. The van der Waals surface area contributed by atoms with Gasteiger partial charge in [-0.25, -0.2) is 13.1 Å². The summed E-state index contributed by atoms with van der Waals surface area (Å²) in [5.41, 5.74) is 0.321. The van der Waals surface area contributed by atoms with Crippen molar-refractivity contribution in [1.82, 2.24) is 9.88 Å². The van der Waals surface area contributed by atoms with Gasteiger partial charge < -0.3 is 13.7 Å². The second kappa shape index (κ2) is 5.78. The van der Waals surface area contributed by atoms with E-state index < -0.39 is 16.1 Å². The Morgan fingerprint density at radius 3 is 2.70 bits per heavy atom. The first-order chi connectivity index (χ1) is 9.45. The minimum atomic E-state index is -3.70. The van der Waals surface area contributed by atoms with E-state index in [1.54, 1.807) is 26.0 Å². The van der Waals surface area contributed by atoms with E-state index >= 15 is 0 Å². The number of sulfonamides is 1. The zero-order chi connectivity index (χ0) is 14.8. The van der Waals surface area contributed by atoms with Gasteiger partial charge >= 0.3 is 0 Å². The molecule has 0 fully saturated rings. The normalized spacial score (nSPS) is 13.6. The van der Waals surface area contributed by atoms with Crippen molar-refractivity contribution < 1.29 is 22.1 Å². The number of ether oxygens (including phenoxy) is 1. The lowest BCUT2D eigenvalue weighted by atomic mass is 10.3. The van der Waals surface area contributed by atoms with E-state index in [0.29, 0.717) is 11.5 Å². The Balaban J connectivity index is 2.14. The third-order valence-electron chi connectivity index (χ3n) is 2.84. The van der Waals surface area contributed by atoms with Crippen LogP contribution in [0, 0.1) is 13.8 Å². The number of rotatable bonds is 6. The van der Waals surface area contributed by atoms with Crippen LogP contribution >= 0.6 is 0 Å². The molecular weight excluding hydrogens is 284 g/mol. The lowest BCUT2D eigenvalue weighted by molar-refractivity contribution is 0.0878. The molecule has 20 heavy (non-hydrogen) atoms. The molecule has 1 N–H and O–H groups in total. The van der Waals surface area contributed by atoms with Crippen molar-refractivity contribution in [2.45, 2.75) is 24.8 Å². The maximum absolute atomic E-state index is 12.2. The lowest BCUT2D eigenvalue weighted by Crippen LogP contribution is -2.29. The van der Waals surface area contributed by atoms with Gasteiger partial charge in [-0.2, -0.15) is 0 Å². The predicted molar refractivity (Wildman–Crippen MR) is 69.6 cm³/mol. The maximum atomic E-state index is 12.2. The van der Waals surface area contributed by atoms with E-state index in [1.165, 1.54) is 13.4 Å². The minimum absolute atomic E-state index is 0.0520. The first kappa shape index (κ1) is 14.8. The van der Waals surface area contributed by atoms with Crippen molar-refractivity contribution in [3.8, 4) is 0 Å². The van der Waals surface area contributed by atoms with Crippen molar-refractivity contribution in [2.75, 3.05) is 13.7 Å². The molecule has 0 bridgehead atoms. The Labute approximate surface area is 116 Å². The summed E-state index contributed by atoms with van der Waals surface area (Å²) in [5.74, 6) is 0.802. The third-order valence-corrected chi connectivity index (χ3v) is 4.51. The molecule has 0 saturated carbocycles. The summed E-state index contributed by atoms with van der Waals surface area (Å²) in [6.45, 7) is 3.18. The van der Waals surface area contributed by atoms with Crippen LogP contribution in [0.5, 0.6) is 0 Å². The third kappa shape index (κ3) is 2.92.